The van der Waals surface area contributed by atoms with Crippen LogP contribution in [0.4, 0.5) is 22.0 Å². The normalized spacial score (nSPS) is 18.8. The van der Waals surface area contributed by atoms with Crippen LogP contribution in [0.15, 0.2) is 12.1 Å². The van der Waals surface area contributed by atoms with Crippen LogP contribution < -0.4 is 0 Å². The minimum absolute atomic E-state index is 0.00662. The number of nitrogens with zero attached hydrogens (tertiary/aromatic N) is 3. The zero-order valence-corrected chi connectivity index (χ0v) is 18.2. The van der Waals surface area contributed by atoms with Gasteiger partial charge >= 0.3 is 6.18 Å². The number of piperidine rings is 1. The second-order valence-electron chi connectivity index (χ2n) is 8.92. The van der Waals surface area contributed by atoms with Gasteiger partial charge in [-0.2, -0.15) is 18.3 Å². The van der Waals surface area contributed by atoms with E-state index < -0.39 is 35.5 Å². The van der Waals surface area contributed by atoms with Gasteiger partial charge in [-0.1, -0.05) is 19.9 Å². The molecule has 0 spiro atoms. The lowest BCUT2D eigenvalue weighted by atomic mass is 9.85. The lowest BCUT2D eigenvalue weighted by Gasteiger charge is -2.35. The molecule has 2 aromatic rings. The van der Waals surface area contributed by atoms with E-state index in [0.29, 0.717) is 18.8 Å². The smallest absolute Gasteiger partial charge is 0.372 e. The van der Waals surface area contributed by atoms with Crippen molar-refractivity contribution in [2.45, 2.75) is 58.1 Å². The van der Waals surface area contributed by atoms with Crippen LogP contribution >= 0.6 is 0 Å². The Kier molecular flexibility index (Phi) is 6.21. The molecule has 6 nitrogen and oxygen atoms in total. The van der Waals surface area contributed by atoms with E-state index >= 15 is 0 Å². The van der Waals surface area contributed by atoms with Crippen molar-refractivity contribution in [3.8, 4) is 0 Å². The summed E-state index contributed by atoms with van der Waals surface area (Å²) in [6.07, 6.45) is -5.63. The fourth-order valence-corrected chi connectivity index (χ4v) is 4.72. The van der Waals surface area contributed by atoms with Gasteiger partial charge in [-0.15, -0.1) is 0 Å². The van der Waals surface area contributed by atoms with Crippen molar-refractivity contribution >= 4 is 5.91 Å². The zero-order valence-electron chi connectivity index (χ0n) is 18.2. The summed E-state index contributed by atoms with van der Waals surface area (Å²) in [7, 11) is 0. The first-order valence-corrected chi connectivity index (χ1v) is 10.8. The number of hydrogen-bond acceptors (Lipinski definition) is 4. The number of rotatable bonds is 4. The average Bonchev–Trinajstić information content (AvgIpc) is 3.34. The quantitative estimate of drug-likeness (QED) is 0.658. The van der Waals surface area contributed by atoms with Gasteiger partial charge in [-0.05, 0) is 30.4 Å². The molecule has 1 aromatic carbocycles. The topological polar surface area (TPSA) is 72.5 Å². The van der Waals surface area contributed by atoms with Crippen LogP contribution in [0, 0.1) is 17.6 Å². The van der Waals surface area contributed by atoms with Gasteiger partial charge in [0.05, 0.1) is 17.8 Å². The summed E-state index contributed by atoms with van der Waals surface area (Å²) >= 11 is 0. The van der Waals surface area contributed by atoms with Crippen molar-refractivity contribution < 1.29 is 31.9 Å². The van der Waals surface area contributed by atoms with Gasteiger partial charge in [-0.3, -0.25) is 14.8 Å². The maximum Gasteiger partial charge on any atom is 0.419 e. The molecular formula is C22H25F5N4O2. The monoisotopic (exact) mass is 472 g/mol. The number of benzene rings is 1. The van der Waals surface area contributed by atoms with Gasteiger partial charge in [0.15, 0.2) is 17.9 Å². The number of nitrogens with one attached hydrogen (secondary N) is 1. The van der Waals surface area contributed by atoms with Crippen molar-refractivity contribution in [2.75, 3.05) is 13.1 Å². The molecule has 0 bridgehead atoms. The summed E-state index contributed by atoms with van der Waals surface area (Å²) in [4.78, 5) is 15.7. The zero-order chi connectivity index (χ0) is 24.1. The standard InChI is InChI=1S/C22H25F5N4O2/c1-11(2)20(32)31-9-14-16(10-31)28-29-19(14)21(33)30-7-5-12(6-8-30)13-3-4-15(23)18(24)17(13)22(25,26)27/h3-4,11-12,21,33H,5-10H2,1-2H3,(H,28,29). The molecule has 4 rings (SSSR count). The molecule has 1 unspecified atom stereocenters. The number of aromatic amines is 1. The second kappa shape index (κ2) is 8.68. The summed E-state index contributed by atoms with van der Waals surface area (Å²) < 4.78 is 67.7. The Morgan fingerprint density at radius 1 is 1.18 bits per heavy atom. The molecule has 0 saturated carbocycles. The number of halogens is 5. The third-order valence-electron chi connectivity index (χ3n) is 6.46. The maximum atomic E-state index is 14.0. The number of H-pyrrole nitrogens is 1. The fraction of sp³-hybridized carbons (Fsp3) is 0.545. The maximum absolute atomic E-state index is 14.0. The molecule has 33 heavy (non-hydrogen) atoms. The number of carbonyl (C=O) groups excluding carboxylic acids is 1. The van der Waals surface area contributed by atoms with Gasteiger partial charge in [0.1, 0.15) is 5.69 Å². The predicted octanol–water partition coefficient (Wildman–Crippen LogP) is 4.08. The highest BCUT2D eigenvalue weighted by atomic mass is 19.4. The van der Waals surface area contributed by atoms with Gasteiger partial charge in [0.25, 0.3) is 0 Å². The van der Waals surface area contributed by atoms with Crippen LogP contribution in [0.5, 0.6) is 0 Å². The van der Waals surface area contributed by atoms with Crippen molar-refractivity contribution in [3.05, 3.63) is 51.8 Å². The number of amides is 1. The number of carbonyl (C=O) groups is 1. The molecule has 2 aliphatic rings. The molecule has 11 heteroatoms. The molecule has 1 fully saturated rings. The lowest BCUT2D eigenvalue weighted by molar-refractivity contribution is -0.141. The highest BCUT2D eigenvalue weighted by Gasteiger charge is 2.41. The Balaban J connectivity index is 1.47. The Morgan fingerprint density at radius 3 is 2.45 bits per heavy atom. The summed E-state index contributed by atoms with van der Waals surface area (Å²) in [5.74, 6) is -4.20. The Bertz CT molecular complexity index is 1040. The highest BCUT2D eigenvalue weighted by Crippen LogP contribution is 2.42. The van der Waals surface area contributed by atoms with E-state index in [0.717, 1.165) is 23.4 Å². The van der Waals surface area contributed by atoms with E-state index in [-0.39, 0.29) is 43.3 Å². The number of aliphatic hydroxyl groups excluding tert-OH is 1. The average molecular weight is 472 g/mol. The van der Waals surface area contributed by atoms with Crippen LogP contribution in [-0.4, -0.2) is 44.1 Å². The third kappa shape index (κ3) is 4.35. The summed E-state index contributed by atoms with van der Waals surface area (Å²) in [5.41, 5.74) is 0.0787. The second-order valence-corrected chi connectivity index (χ2v) is 8.92. The van der Waals surface area contributed by atoms with Gasteiger partial charge in [0, 0.05) is 31.1 Å². The summed E-state index contributed by atoms with van der Waals surface area (Å²) in [6.45, 7) is 4.82. The summed E-state index contributed by atoms with van der Waals surface area (Å²) in [6, 6.07) is 1.72. The first kappa shape index (κ1) is 23.6. The van der Waals surface area contributed by atoms with Crippen LogP contribution in [0.2, 0.25) is 0 Å². The number of hydrogen-bond donors (Lipinski definition) is 2. The van der Waals surface area contributed by atoms with Crippen molar-refractivity contribution in [1.29, 1.82) is 0 Å². The molecule has 180 valence electrons. The number of aliphatic hydroxyl groups is 1. The number of fused-ring (bicyclic) bond motifs is 1. The molecule has 0 radical (unpaired) electrons. The fourth-order valence-electron chi connectivity index (χ4n) is 4.72. The molecule has 1 amide bonds. The predicted molar refractivity (Wildman–Crippen MR) is 108 cm³/mol. The third-order valence-corrected chi connectivity index (χ3v) is 6.46. The van der Waals surface area contributed by atoms with Crippen LogP contribution in [0.25, 0.3) is 0 Å². The van der Waals surface area contributed by atoms with E-state index in [9.17, 15) is 31.9 Å². The molecule has 1 aromatic heterocycles. The van der Waals surface area contributed by atoms with E-state index in [1.165, 1.54) is 0 Å². The first-order valence-electron chi connectivity index (χ1n) is 10.8. The molecule has 2 aliphatic heterocycles. The largest absolute Gasteiger partial charge is 0.419 e. The van der Waals surface area contributed by atoms with Crippen molar-refractivity contribution in [2.24, 2.45) is 5.92 Å². The Labute approximate surface area is 187 Å². The SMILES string of the molecule is CC(C)C(=O)N1Cc2[nH]nc(C(O)N3CCC(c4ccc(F)c(F)c4C(F)(F)F)CC3)c2C1. The Morgan fingerprint density at radius 2 is 1.85 bits per heavy atom. The summed E-state index contributed by atoms with van der Waals surface area (Å²) in [5, 5.41) is 18.0. The molecule has 0 aliphatic carbocycles. The van der Waals surface area contributed by atoms with Crippen LogP contribution in [0.1, 0.15) is 66.9 Å². The molecule has 3 heterocycles. The highest BCUT2D eigenvalue weighted by molar-refractivity contribution is 5.78. The van der Waals surface area contributed by atoms with Crippen molar-refractivity contribution in [3.63, 3.8) is 0 Å². The minimum Gasteiger partial charge on any atom is -0.372 e. The first-order chi connectivity index (χ1) is 15.5. The van der Waals surface area contributed by atoms with E-state index in [4.69, 9.17) is 0 Å². The number of alkyl halides is 3. The van der Waals surface area contributed by atoms with Crippen molar-refractivity contribution in [1.82, 2.24) is 20.0 Å². The van der Waals surface area contributed by atoms with E-state index in [1.807, 2.05) is 13.8 Å². The van der Waals surface area contributed by atoms with E-state index in [1.54, 1.807) is 9.80 Å². The Hall–Kier alpha value is -2.53. The number of likely N-dealkylation sites (tertiary alicyclic amines) is 1. The molecule has 1 saturated heterocycles. The molecule has 2 N–H and O–H groups in total. The van der Waals surface area contributed by atoms with Gasteiger partial charge in [-0.25, -0.2) is 8.78 Å². The van der Waals surface area contributed by atoms with Crippen LogP contribution in [-0.2, 0) is 24.1 Å². The van der Waals surface area contributed by atoms with Gasteiger partial charge in [0.2, 0.25) is 5.91 Å². The van der Waals surface area contributed by atoms with Crippen LogP contribution in [0.3, 0.4) is 0 Å². The molecule has 1 atom stereocenters. The molecular weight excluding hydrogens is 447 g/mol. The van der Waals surface area contributed by atoms with Gasteiger partial charge < -0.3 is 10.0 Å². The number of aromatic nitrogens is 2. The van der Waals surface area contributed by atoms with E-state index in [2.05, 4.69) is 10.2 Å². The lowest BCUT2D eigenvalue weighted by Crippen LogP contribution is -2.37. The minimum atomic E-state index is -5.01.